The Balaban J connectivity index is 1.62. The Hall–Kier alpha value is -4.86. The number of benzene rings is 2. The number of aromatic nitrogens is 5. The van der Waals surface area contributed by atoms with Gasteiger partial charge in [-0.05, 0) is 42.1 Å². The number of nitrogens with one attached hydrogen (secondary N) is 3. The van der Waals surface area contributed by atoms with Gasteiger partial charge in [0, 0.05) is 17.5 Å². The molecular weight excluding hydrogens is 447 g/mol. The van der Waals surface area contributed by atoms with Crippen molar-refractivity contribution in [2.75, 3.05) is 11.1 Å². The van der Waals surface area contributed by atoms with Crippen molar-refractivity contribution < 1.29 is 4.39 Å². The van der Waals surface area contributed by atoms with Crippen molar-refractivity contribution >= 4 is 28.1 Å². The van der Waals surface area contributed by atoms with E-state index in [9.17, 15) is 9.18 Å². The number of aromatic amines is 1. The third-order valence-corrected chi connectivity index (χ3v) is 5.75. The highest BCUT2D eigenvalue weighted by molar-refractivity contribution is 6.15. The molecule has 5 aromatic rings. The number of H-pyrrole nitrogens is 1. The van der Waals surface area contributed by atoms with Crippen LogP contribution in [0.2, 0.25) is 0 Å². The highest BCUT2D eigenvalue weighted by atomic mass is 19.1. The molecule has 3 aromatic heterocycles. The van der Waals surface area contributed by atoms with Gasteiger partial charge in [-0.1, -0.05) is 24.3 Å². The maximum Gasteiger partial charge on any atom is 0.263 e. The van der Waals surface area contributed by atoms with Crippen LogP contribution in [-0.4, -0.2) is 30.4 Å². The standard InChI is InChI=1S/C25H21FN8O/c1-14-4-2-5-15-8-19(34(25(35)20(14)15)18-7-3-6-17(26)9-18)12-29-24-21(23(28)30-13-31-24)22(27)16-10-32-33-11-16/h2-11,13,27H,12H2,1H3,(H,32,33)(H3,28,29,30,31). The molecule has 5 N–H and O–H groups in total. The molecule has 0 unspecified atom stereocenters. The molecule has 0 fully saturated rings. The van der Waals surface area contributed by atoms with Crippen molar-refractivity contribution in [3.05, 3.63) is 106 Å². The van der Waals surface area contributed by atoms with Gasteiger partial charge in [0.1, 0.15) is 23.8 Å². The van der Waals surface area contributed by atoms with Gasteiger partial charge in [0.15, 0.2) is 0 Å². The van der Waals surface area contributed by atoms with Crippen molar-refractivity contribution in [3.8, 4) is 5.69 Å². The summed E-state index contributed by atoms with van der Waals surface area (Å²) < 4.78 is 15.6. The second kappa shape index (κ2) is 8.82. The second-order valence-electron chi connectivity index (χ2n) is 7.99. The van der Waals surface area contributed by atoms with E-state index in [2.05, 4.69) is 25.5 Å². The average Bonchev–Trinajstić information content (AvgIpc) is 3.37. The minimum Gasteiger partial charge on any atom is -0.383 e. The van der Waals surface area contributed by atoms with E-state index in [-0.39, 0.29) is 23.6 Å². The van der Waals surface area contributed by atoms with Gasteiger partial charge in [-0.2, -0.15) is 5.10 Å². The second-order valence-corrected chi connectivity index (χ2v) is 7.99. The van der Waals surface area contributed by atoms with E-state index < -0.39 is 5.82 Å². The summed E-state index contributed by atoms with van der Waals surface area (Å²) >= 11 is 0. The lowest BCUT2D eigenvalue weighted by molar-refractivity contribution is 0.626. The smallest absolute Gasteiger partial charge is 0.263 e. The summed E-state index contributed by atoms with van der Waals surface area (Å²) in [5.74, 6) is 0.00856. The molecule has 0 spiro atoms. The topological polar surface area (TPSA) is 138 Å². The average molecular weight is 468 g/mol. The Bertz CT molecular complexity index is 1630. The van der Waals surface area contributed by atoms with E-state index in [0.717, 1.165) is 10.9 Å². The first-order valence-electron chi connectivity index (χ1n) is 10.8. The maximum atomic E-state index is 14.1. The van der Waals surface area contributed by atoms with Crippen LogP contribution in [0.5, 0.6) is 0 Å². The molecule has 5 rings (SSSR count). The number of nitrogen functional groups attached to an aromatic ring is 1. The first-order valence-corrected chi connectivity index (χ1v) is 10.8. The Morgan fingerprint density at radius 2 is 2.03 bits per heavy atom. The quantitative estimate of drug-likeness (QED) is 0.281. The van der Waals surface area contributed by atoms with E-state index in [4.69, 9.17) is 11.1 Å². The highest BCUT2D eigenvalue weighted by Crippen LogP contribution is 2.24. The lowest BCUT2D eigenvalue weighted by atomic mass is 10.1. The number of fused-ring (bicyclic) bond motifs is 1. The molecule has 0 radical (unpaired) electrons. The van der Waals surface area contributed by atoms with Crippen molar-refractivity contribution in [1.82, 2.24) is 24.7 Å². The van der Waals surface area contributed by atoms with E-state index in [0.29, 0.717) is 33.7 Å². The number of nitrogens with two attached hydrogens (primary N) is 1. The van der Waals surface area contributed by atoms with E-state index in [1.165, 1.54) is 29.2 Å². The Morgan fingerprint density at radius 1 is 1.20 bits per heavy atom. The van der Waals surface area contributed by atoms with E-state index in [1.54, 1.807) is 18.3 Å². The molecular formula is C25H21FN8O. The lowest BCUT2D eigenvalue weighted by Gasteiger charge is -2.18. The van der Waals surface area contributed by atoms with Crippen LogP contribution in [0, 0.1) is 18.2 Å². The highest BCUT2D eigenvalue weighted by Gasteiger charge is 2.18. The SMILES string of the molecule is Cc1cccc2cc(CNc3ncnc(N)c3C(=N)c3cn[nH]c3)n(-c3cccc(F)c3)c(=O)c12. The van der Waals surface area contributed by atoms with Crippen LogP contribution in [0.25, 0.3) is 16.5 Å². The fourth-order valence-corrected chi connectivity index (χ4v) is 4.10. The molecule has 0 aliphatic carbocycles. The van der Waals surface area contributed by atoms with Crippen LogP contribution < -0.4 is 16.6 Å². The van der Waals surface area contributed by atoms with Crippen LogP contribution in [0.1, 0.15) is 22.4 Å². The van der Waals surface area contributed by atoms with Gasteiger partial charge in [-0.25, -0.2) is 14.4 Å². The van der Waals surface area contributed by atoms with Gasteiger partial charge in [0.2, 0.25) is 0 Å². The summed E-state index contributed by atoms with van der Waals surface area (Å²) in [5.41, 5.74) is 8.58. The summed E-state index contributed by atoms with van der Waals surface area (Å²) in [5, 5.41) is 19.6. The van der Waals surface area contributed by atoms with Crippen molar-refractivity contribution in [2.45, 2.75) is 13.5 Å². The first kappa shape index (κ1) is 22.0. The number of halogens is 1. The molecule has 0 atom stereocenters. The summed E-state index contributed by atoms with van der Waals surface area (Å²) in [6, 6.07) is 13.4. The van der Waals surface area contributed by atoms with Crippen molar-refractivity contribution in [1.29, 1.82) is 5.41 Å². The maximum absolute atomic E-state index is 14.1. The zero-order chi connectivity index (χ0) is 24.5. The summed E-state index contributed by atoms with van der Waals surface area (Å²) in [6.07, 6.45) is 4.38. The van der Waals surface area contributed by atoms with Crippen molar-refractivity contribution in [3.63, 3.8) is 0 Å². The molecule has 174 valence electrons. The molecule has 3 heterocycles. The number of hydrogen-bond donors (Lipinski definition) is 4. The number of pyridine rings is 1. The summed E-state index contributed by atoms with van der Waals surface area (Å²) in [7, 11) is 0. The van der Waals surface area contributed by atoms with Crippen molar-refractivity contribution in [2.24, 2.45) is 0 Å². The molecule has 9 nitrogen and oxygen atoms in total. The molecule has 2 aromatic carbocycles. The molecule has 0 saturated carbocycles. The Morgan fingerprint density at radius 3 is 2.80 bits per heavy atom. The molecule has 0 bridgehead atoms. The van der Waals surface area contributed by atoms with Gasteiger partial charge in [-0.3, -0.25) is 19.9 Å². The number of hydrogen-bond acceptors (Lipinski definition) is 7. The Labute approximate surface area is 199 Å². The minimum atomic E-state index is -0.447. The minimum absolute atomic E-state index is 0.0935. The number of rotatable bonds is 6. The molecule has 0 aliphatic heterocycles. The molecule has 0 aliphatic rings. The summed E-state index contributed by atoms with van der Waals surface area (Å²) in [4.78, 5) is 21.9. The summed E-state index contributed by atoms with van der Waals surface area (Å²) in [6.45, 7) is 2.02. The van der Waals surface area contributed by atoms with Gasteiger partial charge in [-0.15, -0.1) is 0 Å². The van der Waals surface area contributed by atoms with Crippen LogP contribution in [-0.2, 0) is 6.54 Å². The number of aryl methyl sites for hydroxylation is 1. The largest absolute Gasteiger partial charge is 0.383 e. The van der Waals surface area contributed by atoms with Crippen LogP contribution >= 0.6 is 0 Å². The molecule has 0 amide bonds. The third-order valence-electron chi connectivity index (χ3n) is 5.75. The normalized spacial score (nSPS) is 11.0. The van der Waals surface area contributed by atoms with Crippen LogP contribution in [0.3, 0.4) is 0 Å². The van der Waals surface area contributed by atoms with Gasteiger partial charge in [0.05, 0.1) is 35.1 Å². The van der Waals surface area contributed by atoms with Gasteiger partial charge >= 0.3 is 0 Å². The third kappa shape index (κ3) is 4.01. The predicted molar refractivity (Wildman–Crippen MR) is 133 cm³/mol. The number of anilines is 2. The monoisotopic (exact) mass is 468 g/mol. The van der Waals surface area contributed by atoms with Crippen LogP contribution in [0.4, 0.5) is 16.0 Å². The first-order chi connectivity index (χ1) is 16.9. The lowest BCUT2D eigenvalue weighted by Crippen LogP contribution is -2.24. The zero-order valence-electron chi connectivity index (χ0n) is 18.7. The molecule has 0 saturated heterocycles. The zero-order valence-corrected chi connectivity index (χ0v) is 18.7. The Kier molecular flexibility index (Phi) is 5.54. The number of nitrogens with zero attached hydrogens (tertiary/aromatic N) is 4. The van der Waals surface area contributed by atoms with E-state index >= 15 is 0 Å². The van der Waals surface area contributed by atoms with Gasteiger partial charge < -0.3 is 11.1 Å². The molecule has 10 heteroatoms. The molecule has 35 heavy (non-hydrogen) atoms. The predicted octanol–water partition coefficient (Wildman–Crippen LogP) is 3.56. The van der Waals surface area contributed by atoms with Gasteiger partial charge in [0.25, 0.3) is 5.56 Å². The fraction of sp³-hybridized carbons (Fsp3) is 0.0800. The van der Waals surface area contributed by atoms with Crippen LogP contribution in [0.15, 0.2) is 72.0 Å². The van der Waals surface area contributed by atoms with E-state index in [1.807, 2.05) is 31.2 Å². The fourth-order valence-electron chi connectivity index (χ4n) is 4.10.